The zero-order chi connectivity index (χ0) is 11.6. The highest BCUT2D eigenvalue weighted by Gasteiger charge is 2.38. The van der Waals surface area contributed by atoms with Crippen LogP contribution in [0.1, 0.15) is 27.2 Å². The Morgan fingerprint density at radius 1 is 1.19 bits per heavy atom. The van der Waals surface area contributed by atoms with E-state index in [1.807, 2.05) is 0 Å². The van der Waals surface area contributed by atoms with Crippen molar-refractivity contribution in [1.29, 1.82) is 0 Å². The maximum atomic E-state index is 3.45. The number of likely N-dealkylation sites (N-methyl/N-ethyl adjacent to an activating group) is 1. The van der Waals surface area contributed by atoms with Gasteiger partial charge in [0.15, 0.2) is 0 Å². The zero-order valence-corrected chi connectivity index (χ0v) is 11.1. The highest BCUT2D eigenvalue weighted by molar-refractivity contribution is 4.94. The molecule has 2 aliphatic rings. The molecular weight excluding hydrogens is 198 g/mol. The largest absolute Gasteiger partial charge is 0.314 e. The average Bonchev–Trinajstić information content (AvgIpc) is 2.30. The van der Waals surface area contributed by atoms with Gasteiger partial charge in [0.05, 0.1) is 0 Å². The molecule has 0 aromatic heterocycles. The number of piperazine rings is 1. The van der Waals surface area contributed by atoms with Crippen molar-refractivity contribution in [2.45, 2.75) is 33.2 Å². The summed E-state index contributed by atoms with van der Waals surface area (Å²) >= 11 is 0. The van der Waals surface area contributed by atoms with Crippen LogP contribution in [-0.4, -0.2) is 61.7 Å². The van der Waals surface area contributed by atoms with E-state index in [-0.39, 0.29) is 0 Å². The van der Waals surface area contributed by atoms with Gasteiger partial charge in [-0.2, -0.15) is 0 Å². The fourth-order valence-electron chi connectivity index (χ4n) is 3.09. The standard InChI is InChI=1S/C13H27N3/c1-4-15-8-5-13(2,3)12(11-15)16-9-6-14-7-10-16/h12,14H,4-11H2,1-3H3. The summed E-state index contributed by atoms with van der Waals surface area (Å²) in [5.41, 5.74) is 0.489. The zero-order valence-electron chi connectivity index (χ0n) is 11.1. The third kappa shape index (κ3) is 2.58. The molecule has 94 valence electrons. The fraction of sp³-hybridized carbons (Fsp3) is 1.00. The quantitative estimate of drug-likeness (QED) is 0.757. The SMILES string of the molecule is CCN1CCC(C)(C)C(N2CCNCC2)C1. The van der Waals surface area contributed by atoms with E-state index in [0.717, 1.165) is 6.04 Å². The normalized spacial score (nSPS) is 32.8. The van der Waals surface area contributed by atoms with E-state index < -0.39 is 0 Å². The van der Waals surface area contributed by atoms with E-state index in [2.05, 4.69) is 35.9 Å². The molecule has 3 nitrogen and oxygen atoms in total. The summed E-state index contributed by atoms with van der Waals surface area (Å²) < 4.78 is 0. The number of hydrogen-bond acceptors (Lipinski definition) is 3. The molecule has 16 heavy (non-hydrogen) atoms. The molecule has 1 N–H and O–H groups in total. The van der Waals surface area contributed by atoms with Crippen molar-refractivity contribution in [2.24, 2.45) is 5.41 Å². The Balaban J connectivity index is 2.02. The minimum Gasteiger partial charge on any atom is -0.314 e. The smallest absolute Gasteiger partial charge is 0.0275 e. The van der Waals surface area contributed by atoms with Crippen LogP contribution in [0.5, 0.6) is 0 Å². The maximum Gasteiger partial charge on any atom is 0.0275 e. The van der Waals surface area contributed by atoms with Crippen molar-refractivity contribution < 1.29 is 0 Å². The van der Waals surface area contributed by atoms with Gasteiger partial charge in [-0.1, -0.05) is 20.8 Å². The number of nitrogens with zero attached hydrogens (tertiary/aromatic N) is 2. The number of piperidine rings is 1. The Labute approximate surface area is 100 Å². The lowest BCUT2D eigenvalue weighted by atomic mass is 9.77. The second-order valence-electron chi connectivity index (χ2n) is 5.93. The lowest BCUT2D eigenvalue weighted by molar-refractivity contribution is 0.00277. The van der Waals surface area contributed by atoms with Crippen molar-refractivity contribution in [1.82, 2.24) is 15.1 Å². The van der Waals surface area contributed by atoms with Crippen LogP contribution in [-0.2, 0) is 0 Å². The first-order chi connectivity index (χ1) is 7.63. The molecule has 0 aromatic carbocycles. The predicted octanol–water partition coefficient (Wildman–Crippen LogP) is 1.01. The summed E-state index contributed by atoms with van der Waals surface area (Å²) in [6.07, 6.45) is 1.34. The average molecular weight is 225 g/mol. The molecule has 0 spiro atoms. The van der Waals surface area contributed by atoms with Crippen molar-refractivity contribution in [3.8, 4) is 0 Å². The molecule has 0 radical (unpaired) electrons. The summed E-state index contributed by atoms with van der Waals surface area (Å²) in [5.74, 6) is 0. The summed E-state index contributed by atoms with van der Waals surface area (Å²) in [7, 11) is 0. The molecule has 1 atom stereocenters. The van der Waals surface area contributed by atoms with Crippen LogP contribution < -0.4 is 5.32 Å². The third-order valence-electron chi connectivity index (χ3n) is 4.45. The fourth-order valence-corrected chi connectivity index (χ4v) is 3.09. The molecule has 2 rings (SSSR count). The summed E-state index contributed by atoms with van der Waals surface area (Å²) in [6.45, 7) is 15.7. The molecule has 0 aliphatic carbocycles. The van der Waals surface area contributed by atoms with Crippen molar-refractivity contribution in [3.63, 3.8) is 0 Å². The third-order valence-corrected chi connectivity index (χ3v) is 4.45. The summed E-state index contributed by atoms with van der Waals surface area (Å²) in [4.78, 5) is 5.32. The number of rotatable bonds is 2. The van der Waals surface area contributed by atoms with Gasteiger partial charge < -0.3 is 10.2 Å². The second kappa shape index (κ2) is 5.03. The Kier molecular flexibility index (Phi) is 3.88. The Morgan fingerprint density at radius 2 is 1.88 bits per heavy atom. The molecule has 3 heteroatoms. The monoisotopic (exact) mass is 225 g/mol. The van der Waals surface area contributed by atoms with Gasteiger partial charge in [0, 0.05) is 38.8 Å². The van der Waals surface area contributed by atoms with Crippen LogP contribution in [0.3, 0.4) is 0 Å². The Bertz CT molecular complexity index is 221. The minimum atomic E-state index is 0.489. The van der Waals surface area contributed by atoms with Gasteiger partial charge in [-0.25, -0.2) is 0 Å². The lowest BCUT2D eigenvalue weighted by Gasteiger charge is -2.50. The van der Waals surface area contributed by atoms with Gasteiger partial charge in [0.25, 0.3) is 0 Å². The molecule has 0 saturated carbocycles. The van der Waals surface area contributed by atoms with Crippen LogP contribution in [0, 0.1) is 5.41 Å². The first kappa shape index (κ1) is 12.3. The van der Waals surface area contributed by atoms with Crippen LogP contribution in [0.2, 0.25) is 0 Å². The first-order valence-electron chi connectivity index (χ1n) is 6.80. The molecule has 1 unspecified atom stereocenters. The number of nitrogens with one attached hydrogen (secondary N) is 1. The second-order valence-corrected chi connectivity index (χ2v) is 5.93. The van der Waals surface area contributed by atoms with E-state index in [4.69, 9.17) is 0 Å². The highest BCUT2D eigenvalue weighted by Crippen LogP contribution is 2.33. The molecular formula is C13H27N3. The van der Waals surface area contributed by atoms with Gasteiger partial charge in [-0.05, 0) is 24.9 Å². The van der Waals surface area contributed by atoms with E-state index in [1.165, 1.54) is 52.2 Å². The Hall–Kier alpha value is -0.120. The number of hydrogen-bond donors (Lipinski definition) is 1. The lowest BCUT2D eigenvalue weighted by Crippen LogP contribution is -2.60. The van der Waals surface area contributed by atoms with Crippen molar-refractivity contribution in [3.05, 3.63) is 0 Å². The molecule has 0 bridgehead atoms. The van der Waals surface area contributed by atoms with E-state index in [0.29, 0.717) is 5.41 Å². The highest BCUT2D eigenvalue weighted by atomic mass is 15.3. The topological polar surface area (TPSA) is 18.5 Å². The van der Waals surface area contributed by atoms with Gasteiger partial charge in [0.1, 0.15) is 0 Å². The molecule has 0 amide bonds. The van der Waals surface area contributed by atoms with Crippen molar-refractivity contribution in [2.75, 3.05) is 45.8 Å². The summed E-state index contributed by atoms with van der Waals surface area (Å²) in [5, 5.41) is 3.45. The van der Waals surface area contributed by atoms with E-state index >= 15 is 0 Å². The minimum absolute atomic E-state index is 0.489. The van der Waals surface area contributed by atoms with Crippen LogP contribution in [0.4, 0.5) is 0 Å². The van der Waals surface area contributed by atoms with Gasteiger partial charge in [0.2, 0.25) is 0 Å². The van der Waals surface area contributed by atoms with Gasteiger partial charge >= 0.3 is 0 Å². The van der Waals surface area contributed by atoms with Crippen molar-refractivity contribution >= 4 is 0 Å². The Morgan fingerprint density at radius 3 is 2.50 bits per heavy atom. The maximum absolute atomic E-state index is 3.45. The van der Waals surface area contributed by atoms with Gasteiger partial charge in [-0.15, -0.1) is 0 Å². The van der Waals surface area contributed by atoms with E-state index in [1.54, 1.807) is 0 Å². The van der Waals surface area contributed by atoms with E-state index in [9.17, 15) is 0 Å². The molecule has 2 saturated heterocycles. The van der Waals surface area contributed by atoms with Crippen LogP contribution in [0.15, 0.2) is 0 Å². The van der Waals surface area contributed by atoms with Crippen LogP contribution >= 0.6 is 0 Å². The number of likely N-dealkylation sites (tertiary alicyclic amines) is 1. The first-order valence-corrected chi connectivity index (χ1v) is 6.80. The predicted molar refractivity (Wildman–Crippen MR) is 68.7 cm³/mol. The van der Waals surface area contributed by atoms with Gasteiger partial charge in [-0.3, -0.25) is 4.90 Å². The van der Waals surface area contributed by atoms with Crippen LogP contribution in [0.25, 0.3) is 0 Å². The molecule has 2 fully saturated rings. The molecule has 0 aromatic rings. The molecule has 2 heterocycles. The molecule has 2 aliphatic heterocycles. The summed E-state index contributed by atoms with van der Waals surface area (Å²) in [6, 6.07) is 0.753.